The van der Waals surface area contributed by atoms with Crippen LogP contribution in [0.15, 0.2) is 18.2 Å². The molecule has 0 bridgehead atoms. The van der Waals surface area contributed by atoms with Crippen molar-refractivity contribution in [1.82, 2.24) is 5.32 Å². The monoisotopic (exact) mass is 322 g/mol. The van der Waals surface area contributed by atoms with Crippen LogP contribution in [0.4, 0.5) is 5.69 Å². The summed E-state index contributed by atoms with van der Waals surface area (Å²) in [6.07, 6.45) is 6.73. The number of benzene rings is 1. The minimum Gasteiger partial charge on any atom is -0.489 e. The molecular weight excluding hydrogens is 300 g/mol. The first-order chi connectivity index (χ1) is 10.7. The number of rotatable bonds is 4. The van der Waals surface area contributed by atoms with E-state index in [1.54, 1.807) is 6.07 Å². The van der Waals surface area contributed by atoms with Gasteiger partial charge in [0.2, 0.25) is 5.91 Å². The Hall–Kier alpha value is -1.26. The second kappa shape index (κ2) is 7.34. The molecule has 0 spiro atoms. The minimum atomic E-state index is 0.0852. The number of nitrogens with one attached hydrogen (secondary N) is 2. The number of hydrogen-bond donors (Lipinski definition) is 2. The topological polar surface area (TPSA) is 50.4 Å². The summed E-state index contributed by atoms with van der Waals surface area (Å²) in [4.78, 5) is 12.2. The lowest BCUT2D eigenvalue weighted by molar-refractivity contribution is -0.120. The largest absolute Gasteiger partial charge is 0.489 e. The second-order valence-corrected chi connectivity index (χ2v) is 6.59. The Morgan fingerprint density at radius 3 is 2.59 bits per heavy atom. The number of hydrogen-bond acceptors (Lipinski definition) is 3. The van der Waals surface area contributed by atoms with Crippen molar-refractivity contribution in [3.63, 3.8) is 0 Å². The smallest absolute Gasteiger partial charge is 0.227 e. The van der Waals surface area contributed by atoms with E-state index < -0.39 is 0 Å². The average Bonchev–Trinajstić information content (AvgIpc) is 3.04. The number of piperidine rings is 1. The van der Waals surface area contributed by atoms with Gasteiger partial charge in [-0.15, -0.1) is 0 Å². The standard InChI is InChI=1S/C17H23ClN2O2/c18-15-11-13(20-17(21)12-7-9-19-10-8-12)5-6-16(15)22-14-3-1-2-4-14/h5-6,11-12,14,19H,1-4,7-10H2,(H,20,21). The molecule has 1 aromatic rings. The quantitative estimate of drug-likeness (QED) is 0.890. The molecule has 2 fully saturated rings. The highest BCUT2D eigenvalue weighted by atomic mass is 35.5. The second-order valence-electron chi connectivity index (χ2n) is 6.18. The van der Waals surface area contributed by atoms with Crippen molar-refractivity contribution in [2.75, 3.05) is 18.4 Å². The van der Waals surface area contributed by atoms with Crippen molar-refractivity contribution in [3.05, 3.63) is 23.2 Å². The van der Waals surface area contributed by atoms with Gasteiger partial charge in [0.05, 0.1) is 11.1 Å². The molecule has 1 heterocycles. The van der Waals surface area contributed by atoms with Crippen LogP contribution in [0.25, 0.3) is 0 Å². The van der Waals surface area contributed by atoms with Gasteiger partial charge in [-0.3, -0.25) is 4.79 Å². The number of ether oxygens (including phenoxy) is 1. The summed E-state index contributed by atoms with van der Waals surface area (Å²) in [5.41, 5.74) is 0.743. The zero-order chi connectivity index (χ0) is 15.4. The first-order valence-corrected chi connectivity index (χ1v) is 8.58. The van der Waals surface area contributed by atoms with Crippen LogP contribution in [0.3, 0.4) is 0 Å². The van der Waals surface area contributed by atoms with E-state index >= 15 is 0 Å². The van der Waals surface area contributed by atoms with Crippen LogP contribution in [0, 0.1) is 5.92 Å². The van der Waals surface area contributed by atoms with Crippen molar-refractivity contribution in [2.24, 2.45) is 5.92 Å². The van der Waals surface area contributed by atoms with Gasteiger partial charge >= 0.3 is 0 Å². The van der Waals surface area contributed by atoms with Gasteiger partial charge in [0.1, 0.15) is 5.75 Å². The van der Waals surface area contributed by atoms with Gasteiger partial charge in [-0.25, -0.2) is 0 Å². The zero-order valence-corrected chi connectivity index (χ0v) is 13.5. The third kappa shape index (κ3) is 3.93. The van der Waals surface area contributed by atoms with Crippen LogP contribution in [-0.2, 0) is 4.79 Å². The molecule has 2 N–H and O–H groups in total. The number of carbonyl (C=O) groups is 1. The maximum atomic E-state index is 12.2. The molecule has 1 aliphatic carbocycles. The molecule has 1 aromatic carbocycles. The van der Waals surface area contributed by atoms with Crippen molar-refractivity contribution < 1.29 is 9.53 Å². The van der Waals surface area contributed by atoms with Crippen LogP contribution in [0.2, 0.25) is 5.02 Å². The fraction of sp³-hybridized carbons (Fsp3) is 0.588. The van der Waals surface area contributed by atoms with Crippen LogP contribution in [-0.4, -0.2) is 25.1 Å². The molecule has 1 saturated heterocycles. The number of carbonyl (C=O) groups excluding carboxylic acids is 1. The maximum absolute atomic E-state index is 12.2. The zero-order valence-electron chi connectivity index (χ0n) is 12.7. The van der Waals surface area contributed by atoms with E-state index in [0.717, 1.165) is 44.5 Å². The van der Waals surface area contributed by atoms with Crippen LogP contribution in [0.5, 0.6) is 5.75 Å². The predicted molar refractivity (Wildman–Crippen MR) is 88.6 cm³/mol. The van der Waals surface area contributed by atoms with Crippen LogP contribution in [0.1, 0.15) is 38.5 Å². The average molecular weight is 323 g/mol. The Morgan fingerprint density at radius 1 is 1.18 bits per heavy atom. The van der Waals surface area contributed by atoms with Gasteiger partial charge in [-0.1, -0.05) is 11.6 Å². The molecule has 2 aliphatic rings. The minimum absolute atomic E-state index is 0.0852. The Morgan fingerprint density at radius 2 is 1.91 bits per heavy atom. The van der Waals surface area contributed by atoms with E-state index in [1.807, 2.05) is 12.1 Å². The SMILES string of the molecule is O=C(Nc1ccc(OC2CCCC2)c(Cl)c1)C1CCNCC1. The lowest BCUT2D eigenvalue weighted by Crippen LogP contribution is -2.34. The molecule has 0 atom stereocenters. The van der Waals surface area contributed by atoms with Crippen LogP contribution < -0.4 is 15.4 Å². The van der Waals surface area contributed by atoms with Gasteiger partial charge in [-0.05, 0) is 69.8 Å². The van der Waals surface area contributed by atoms with E-state index in [1.165, 1.54) is 12.8 Å². The molecule has 3 rings (SSSR count). The molecule has 1 aliphatic heterocycles. The summed E-state index contributed by atoms with van der Waals surface area (Å²) in [7, 11) is 0. The van der Waals surface area contributed by atoms with E-state index in [0.29, 0.717) is 10.8 Å². The van der Waals surface area contributed by atoms with E-state index in [4.69, 9.17) is 16.3 Å². The summed E-state index contributed by atoms with van der Waals surface area (Å²) in [5.74, 6) is 0.893. The van der Waals surface area contributed by atoms with Crippen molar-refractivity contribution in [3.8, 4) is 5.75 Å². The predicted octanol–water partition coefficient (Wildman–Crippen LogP) is 3.60. The van der Waals surface area contributed by atoms with Crippen LogP contribution >= 0.6 is 11.6 Å². The van der Waals surface area contributed by atoms with Gasteiger partial charge in [0.25, 0.3) is 0 Å². The summed E-state index contributed by atoms with van der Waals surface area (Å²) in [6, 6.07) is 5.51. The lowest BCUT2D eigenvalue weighted by atomic mass is 9.97. The first kappa shape index (κ1) is 15.6. The molecule has 0 unspecified atom stereocenters. The molecule has 0 aromatic heterocycles. The first-order valence-electron chi connectivity index (χ1n) is 8.20. The highest BCUT2D eigenvalue weighted by molar-refractivity contribution is 6.32. The summed E-state index contributed by atoms with van der Waals surface area (Å²) < 4.78 is 5.93. The van der Waals surface area contributed by atoms with Gasteiger partial charge in [0, 0.05) is 11.6 Å². The van der Waals surface area contributed by atoms with Crippen molar-refractivity contribution >= 4 is 23.2 Å². The lowest BCUT2D eigenvalue weighted by Gasteiger charge is -2.22. The van der Waals surface area contributed by atoms with Crippen molar-refractivity contribution in [2.45, 2.75) is 44.6 Å². The van der Waals surface area contributed by atoms with E-state index in [2.05, 4.69) is 10.6 Å². The fourth-order valence-corrected chi connectivity index (χ4v) is 3.41. The molecule has 5 heteroatoms. The third-order valence-electron chi connectivity index (χ3n) is 4.51. The molecule has 120 valence electrons. The Kier molecular flexibility index (Phi) is 5.21. The van der Waals surface area contributed by atoms with Gasteiger partial charge < -0.3 is 15.4 Å². The Balaban J connectivity index is 1.59. The molecule has 22 heavy (non-hydrogen) atoms. The Bertz CT molecular complexity index is 523. The Labute approximate surface area is 136 Å². The summed E-state index contributed by atoms with van der Waals surface area (Å²) in [6.45, 7) is 1.82. The molecule has 1 saturated carbocycles. The highest BCUT2D eigenvalue weighted by Crippen LogP contribution is 2.32. The van der Waals surface area contributed by atoms with Gasteiger partial charge in [-0.2, -0.15) is 0 Å². The summed E-state index contributed by atoms with van der Waals surface area (Å²) in [5, 5.41) is 6.80. The normalized spacial score (nSPS) is 20.0. The fourth-order valence-electron chi connectivity index (χ4n) is 3.19. The number of halogens is 1. The highest BCUT2D eigenvalue weighted by Gasteiger charge is 2.21. The third-order valence-corrected chi connectivity index (χ3v) is 4.80. The summed E-state index contributed by atoms with van der Waals surface area (Å²) >= 11 is 6.29. The maximum Gasteiger partial charge on any atom is 0.227 e. The molecule has 1 amide bonds. The number of amides is 1. The molecular formula is C17H23ClN2O2. The molecule has 0 radical (unpaired) electrons. The number of anilines is 1. The van der Waals surface area contributed by atoms with Crippen molar-refractivity contribution in [1.29, 1.82) is 0 Å². The van der Waals surface area contributed by atoms with Gasteiger partial charge in [0.15, 0.2) is 0 Å². The van der Waals surface area contributed by atoms with E-state index in [9.17, 15) is 4.79 Å². The molecule has 4 nitrogen and oxygen atoms in total. The van der Waals surface area contributed by atoms with E-state index in [-0.39, 0.29) is 17.9 Å².